The molecule has 0 bridgehead atoms. The summed E-state index contributed by atoms with van der Waals surface area (Å²) >= 11 is 0. The highest BCUT2D eigenvalue weighted by Crippen LogP contribution is 2.29. The molecule has 3 nitrogen and oxygen atoms in total. The molecule has 0 saturated carbocycles. The van der Waals surface area contributed by atoms with Crippen molar-refractivity contribution < 1.29 is 9.90 Å². The minimum Gasteiger partial charge on any atom is -0.481 e. The molecule has 3 N–H and O–H groups in total. The maximum absolute atomic E-state index is 11.2. The molecule has 1 rings (SSSR count). The molecule has 0 fully saturated rings. The highest BCUT2D eigenvalue weighted by Gasteiger charge is 2.26. The second-order valence-corrected chi connectivity index (χ2v) is 6.20. The Kier molecular flexibility index (Phi) is 4.75. The van der Waals surface area contributed by atoms with E-state index in [0.717, 1.165) is 11.1 Å². The Labute approximate surface area is 115 Å². The molecule has 1 aromatic rings. The van der Waals surface area contributed by atoms with Crippen LogP contribution in [0.2, 0.25) is 0 Å². The van der Waals surface area contributed by atoms with E-state index in [1.807, 2.05) is 19.9 Å². The summed E-state index contributed by atoms with van der Waals surface area (Å²) in [5.74, 6) is -1.35. The fraction of sp³-hybridized carbons (Fsp3) is 0.562. The van der Waals surface area contributed by atoms with Gasteiger partial charge in [-0.15, -0.1) is 0 Å². The number of hydrogen-bond donors (Lipinski definition) is 2. The third-order valence-corrected chi connectivity index (χ3v) is 3.69. The molecule has 0 radical (unpaired) electrons. The van der Waals surface area contributed by atoms with Crippen molar-refractivity contribution in [2.75, 3.05) is 0 Å². The first-order valence-corrected chi connectivity index (χ1v) is 6.78. The van der Waals surface area contributed by atoms with Gasteiger partial charge in [-0.1, -0.05) is 45.9 Å². The summed E-state index contributed by atoms with van der Waals surface area (Å²) in [6, 6.07) is 5.70. The van der Waals surface area contributed by atoms with Crippen LogP contribution in [0.3, 0.4) is 0 Å². The zero-order valence-corrected chi connectivity index (χ0v) is 12.5. The van der Waals surface area contributed by atoms with Crippen LogP contribution in [0.5, 0.6) is 0 Å². The summed E-state index contributed by atoms with van der Waals surface area (Å²) in [5, 5.41) is 9.20. The molecule has 0 aliphatic rings. The van der Waals surface area contributed by atoms with Crippen molar-refractivity contribution in [1.29, 1.82) is 0 Å². The Morgan fingerprint density at radius 3 is 2.32 bits per heavy atom. The maximum Gasteiger partial charge on any atom is 0.308 e. The van der Waals surface area contributed by atoms with Gasteiger partial charge in [0.1, 0.15) is 0 Å². The fourth-order valence-electron chi connectivity index (χ4n) is 2.32. The highest BCUT2D eigenvalue weighted by atomic mass is 16.4. The van der Waals surface area contributed by atoms with E-state index >= 15 is 0 Å². The van der Waals surface area contributed by atoms with Crippen LogP contribution in [0.25, 0.3) is 0 Å². The minimum atomic E-state index is -0.825. The van der Waals surface area contributed by atoms with Gasteiger partial charge in [0.15, 0.2) is 0 Å². The normalized spacial score (nSPS) is 15.1. The van der Waals surface area contributed by atoms with Crippen LogP contribution in [-0.2, 0) is 10.2 Å². The van der Waals surface area contributed by atoms with Gasteiger partial charge in [-0.3, -0.25) is 4.79 Å². The summed E-state index contributed by atoms with van der Waals surface area (Å²) in [6.45, 7) is 10.3. The van der Waals surface area contributed by atoms with Gasteiger partial charge in [0.2, 0.25) is 0 Å². The van der Waals surface area contributed by atoms with Crippen LogP contribution in [0.15, 0.2) is 18.2 Å². The molecule has 3 heteroatoms. The van der Waals surface area contributed by atoms with E-state index < -0.39 is 17.9 Å². The zero-order chi connectivity index (χ0) is 14.8. The van der Waals surface area contributed by atoms with Crippen molar-refractivity contribution in [3.63, 3.8) is 0 Å². The lowest BCUT2D eigenvalue weighted by Gasteiger charge is -2.24. The Balaban J connectivity index is 3.12. The second-order valence-electron chi connectivity index (χ2n) is 6.20. The molecule has 0 heterocycles. The van der Waals surface area contributed by atoms with Crippen molar-refractivity contribution in [3.8, 4) is 0 Å². The molecule has 0 spiro atoms. The summed E-state index contributed by atoms with van der Waals surface area (Å²) < 4.78 is 0. The van der Waals surface area contributed by atoms with Crippen LogP contribution in [-0.4, -0.2) is 11.1 Å². The molecule has 1 aromatic carbocycles. The zero-order valence-electron chi connectivity index (χ0n) is 12.5. The minimum absolute atomic E-state index is 0.0876. The first-order chi connectivity index (χ1) is 8.68. The van der Waals surface area contributed by atoms with Gasteiger partial charge in [-0.25, -0.2) is 0 Å². The second kappa shape index (κ2) is 5.74. The van der Waals surface area contributed by atoms with Gasteiger partial charge >= 0.3 is 5.97 Å². The summed E-state index contributed by atoms with van der Waals surface area (Å²) in [6.07, 6.45) is 0.539. The molecule has 0 amide bonds. The van der Waals surface area contributed by atoms with Crippen molar-refractivity contribution in [1.82, 2.24) is 0 Å². The number of aliphatic carboxylic acids is 1. The molecule has 0 aliphatic carbocycles. The van der Waals surface area contributed by atoms with Gasteiger partial charge in [0.25, 0.3) is 0 Å². The molecule has 2 atom stereocenters. The predicted octanol–water partition coefficient (Wildman–Crippen LogP) is 3.40. The van der Waals surface area contributed by atoms with Gasteiger partial charge < -0.3 is 10.8 Å². The molecule has 0 aliphatic heterocycles. The largest absolute Gasteiger partial charge is 0.481 e. The van der Waals surface area contributed by atoms with E-state index in [1.165, 1.54) is 5.56 Å². The van der Waals surface area contributed by atoms with Crippen LogP contribution >= 0.6 is 0 Å². The quantitative estimate of drug-likeness (QED) is 0.875. The summed E-state index contributed by atoms with van der Waals surface area (Å²) in [7, 11) is 0. The van der Waals surface area contributed by atoms with E-state index in [9.17, 15) is 9.90 Å². The summed E-state index contributed by atoms with van der Waals surface area (Å²) in [5.41, 5.74) is 9.46. The molecular formula is C16H25NO2. The third kappa shape index (κ3) is 3.57. The third-order valence-electron chi connectivity index (χ3n) is 3.69. The average molecular weight is 263 g/mol. The van der Waals surface area contributed by atoms with Crippen LogP contribution < -0.4 is 5.73 Å². The van der Waals surface area contributed by atoms with Gasteiger partial charge in [-0.05, 0) is 35.4 Å². The number of benzene rings is 1. The molecular weight excluding hydrogens is 238 g/mol. The lowest BCUT2D eigenvalue weighted by Crippen LogP contribution is -2.28. The van der Waals surface area contributed by atoms with Crippen molar-refractivity contribution >= 4 is 5.97 Å². The lowest BCUT2D eigenvalue weighted by atomic mass is 9.83. The van der Waals surface area contributed by atoms with Gasteiger partial charge in [0, 0.05) is 6.04 Å². The Morgan fingerprint density at radius 2 is 1.95 bits per heavy atom. The first-order valence-electron chi connectivity index (χ1n) is 6.78. The molecule has 0 saturated heterocycles. The topological polar surface area (TPSA) is 63.3 Å². The first kappa shape index (κ1) is 15.7. The maximum atomic E-state index is 11.2. The lowest BCUT2D eigenvalue weighted by molar-refractivity contribution is -0.142. The van der Waals surface area contributed by atoms with Crippen LogP contribution in [0.4, 0.5) is 0 Å². The number of carbonyl (C=O) groups is 1. The van der Waals surface area contributed by atoms with E-state index in [0.29, 0.717) is 6.42 Å². The van der Waals surface area contributed by atoms with Crippen molar-refractivity contribution in [2.45, 2.75) is 52.5 Å². The molecule has 0 aromatic heterocycles. The molecule has 19 heavy (non-hydrogen) atoms. The highest BCUT2D eigenvalue weighted by molar-refractivity contribution is 5.71. The number of aryl methyl sites for hydroxylation is 1. The smallest absolute Gasteiger partial charge is 0.308 e. The number of carboxylic acids is 1. The van der Waals surface area contributed by atoms with Crippen LogP contribution in [0, 0.1) is 12.8 Å². The van der Waals surface area contributed by atoms with Crippen molar-refractivity contribution in [2.24, 2.45) is 11.7 Å². The monoisotopic (exact) mass is 263 g/mol. The number of hydrogen-bond acceptors (Lipinski definition) is 2. The SMILES string of the molecule is CCC(C(=O)O)C(N)c1ccc(C(C)(C)C)cc1C. The molecule has 106 valence electrons. The number of carboxylic acid groups (broad SMARTS) is 1. The predicted molar refractivity (Wildman–Crippen MR) is 78.2 cm³/mol. The summed E-state index contributed by atoms with van der Waals surface area (Å²) in [4.78, 5) is 11.2. The average Bonchev–Trinajstić information content (AvgIpc) is 2.27. The van der Waals surface area contributed by atoms with Gasteiger partial charge in [0.05, 0.1) is 5.92 Å². The number of nitrogens with two attached hydrogens (primary N) is 1. The molecule has 2 unspecified atom stereocenters. The van der Waals surface area contributed by atoms with E-state index in [2.05, 4.69) is 32.9 Å². The Hall–Kier alpha value is -1.35. The van der Waals surface area contributed by atoms with Gasteiger partial charge in [-0.2, -0.15) is 0 Å². The standard InChI is InChI=1S/C16H25NO2/c1-6-12(15(18)19)14(17)13-8-7-11(9-10(13)2)16(3,4)5/h7-9,12,14H,6,17H2,1-5H3,(H,18,19). The fourth-order valence-corrected chi connectivity index (χ4v) is 2.32. The van der Waals surface area contributed by atoms with E-state index in [-0.39, 0.29) is 5.41 Å². The van der Waals surface area contributed by atoms with E-state index in [4.69, 9.17) is 5.73 Å². The Morgan fingerprint density at radius 1 is 1.37 bits per heavy atom. The number of rotatable bonds is 4. The Bertz CT molecular complexity index is 460. The van der Waals surface area contributed by atoms with Crippen molar-refractivity contribution in [3.05, 3.63) is 34.9 Å². The van der Waals surface area contributed by atoms with E-state index in [1.54, 1.807) is 0 Å². The van der Waals surface area contributed by atoms with Crippen LogP contribution in [0.1, 0.15) is 56.8 Å².